The fourth-order valence-electron chi connectivity index (χ4n) is 2.38. The number of hydrogen-bond acceptors (Lipinski definition) is 1. The molecule has 1 nitrogen and oxygen atoms in total. The van der Waals surface area contributed by atoms with E-state index in [1.54, 1.807) is 13.8 Å². The third-order valence-electron chi connectivity index (χ3n) is 3.44. The Morgan fingerprint density at radius 3 is 2.44 bits per heavy atom. The molecular formula is C14H20FN. The van der Waals surface area contributed by atoms with Crippen molar-refractivity contribution in [2.24, 2.45) is 5.73 Å². The van der Waals surface area contributed by atoms with Gasteiger partial charge in [-0.25, -0.2) is 4.39 Å². The van der Waals surface area contributed by atoms with Crippen molar-refractivity contribution in [3.8, 4) is 0 Å². The van der Waals surface area contributed by atoms with Crippen molar-refractivity contribution < 1.29 is 4.39 Å². The molecule has 88 valence electrons. The molecule has 0 amide bonds. The summed E-state index contributed by atoms with van der Waals surface area (Å²) in [5, 5.41) is 0. The Morgan fingerprint density at radius 1 is 1.31 bits per heavy atom. The minimum Gasteiger partial charge on any atom is -0.330 e. The van der Waals surface area contributed by atoms with Crippen LogP contribution in [0.3, 0.4) is 0 Å². The molecule has 0 radical (unpaired) electrons. The minimum atomic E-state index is -1.15. The van der Waals surface area contributed by atoms with Crippen LogP contribution in [0.5, 0.6) is 0 Å². The molecule has 2 rings (SSSR count). The SMILES string of the molecule is CC(C)(F)Cc1ccccc1C1(CN)CC1. The number of nitrogens with two attached hydrogens (primary N) is 1. The van der Waals surface area contributed by atoms with Crippen molar-refractivity contribution >= 4 is 0 Å². The van der Waals surface area contributed by atoms with Gasteiger partial charge in [0.25, 0.3) is 0 Å². The highest BCUT2D eigenvalue weighted by Gasteiger charge is 2.44. The van der Waals surface area contributed by atoms with Crippen molar-refractivity contribution in [3.05, 3.63) is 35.4 Å². The predicted octanol–water partition coefficient (Wildman–Crippen LogP) is 2.97. The second-order valence-electron chi connectivity index (χ2n) is 5.54. The summed E-state index contributed by atoms with van der Waals surface area (Å²) in [4.78, 5) is 0. The maximum absolute atomic E-state index is 13.7. The first-order chi connectivity index (χ1) is 7.47. The Labute approximate surface area is 96.9 Å². The molecule has 1 aliphatic carbocycles. The number of benzene rings is 1. The summed E-state index contributed by atoms with van der Waals surface area (Å²) in [7, 11) is 0. The van der Waals surface area contributed by atoms with E-state index in [9.17, 15) is 4.39 Å². The molecule has 0 atom stereocenters. The highest BCUT2D eigenvalue weighted by atomic mass is 19.1. The fraction of sp³-hybridized carbons (Fsp3) is 0.571. The van der Waals surface area contributed by atoms with Crippen LogP contribution in [0.1, 0.15) is 37.8 Å². The van der Waals surface area contributed by atoms with Crippen LogP contribution in [0.15, 0.2) is 24.3 Å². The molecule has 0 aromatic heterocycles. The van der Waals surface area contributed by atoms with E-state index in [2.05, 4.69) is 6.07 Å². The molecule has 0 spiro atoms. The maximum atomic E-state index is 13.7. The van der Waals surface area contributed by atoms with Crippen LogP contribution in [0.25, 0.3) is 0 Å². The zero-order chi connectivity index (χ0) is 11.8. The fourth-order valence-corrected chi connectivity index (χ4v) is 2.38. The Bertz CT molecular complexity index is 375. The molecule has 0 bridgehead atoms. The molecule has 2 heteroatoms. The van der Waals surface area contributed by atoms with Crippen LogP contribution in [-0.4, -0.2) is 12.2 Å². The lowest BCUT2D eigenvalue weighted by atomic mass is 9.87. The van der Waals surface area contributed by atoms with Gasteiger partial charge in [0.15, 0.2) is 0 Å². The van der Waals surface area contributed by atoms with Crippen LogP contribution >= 0.6 is 0 Å². The predicted molar refractivity (Wildman–Crippen MR) is 65.3 cm³/mol. The Balaban J connectivity index is 2.32. The van der Waals surface area contributed by atoms with Gasteiger partial charge in [-0.1, -0.05) is 24.3 Å². The van der Waals surface area contributed by atoms with Gasteiger partial charge in [-0.2, -0.15) is 0 Å². The first-order valence-corrected chi connectivity index (χ1v) is 5.94. The molecule has 1 fully saturated rings. The average Bonchev–Trinajstić information content (AvgIpc) is 2.97. The van der Waals surface area contributed by atoms with Gasteiger partial charge in [0.1, 0.15) is 5.67 Å². The van der Waals surface area contributed by atoms with Gasteiger partial charge in [-0.3, -0.25) is 0 Å². The van der Waals surface area contributed by atoms with Crippen molar-refractivity contribution in [1.29, 1.82) is 0 Å². The lowest BCUT2D eigenvalue weighted by Gasteiger charge is -2.21. The zero-order valence-corrected chi connectivity index (χ0v) is 10.1. The first-order valence-electron chi connectivity index (χ1n) is 5.94. The standard InChI is InChI=1S/C14H20FN/c1-13(2,15)9-11-5-3-4-6-12(11)14(10-16)7-8-14/h3-6H,7-10,16H2,1-2H3. The Morgan fingerprint density at radius 2 is 1.94 bits per heavy atom. The third kappa shape index (κ3) is 2.27. The van der Waals surface area contributed by atoms with Crippen LogP contribution in [0, 0.1) is 0 Å². The molecule has 0 unspecified atom stereocenters. The number of halogens is 1. The molecule has 0 heterocycles. The normalized spacial score (nSPS) is 18.5. The molecular weight excluding hydrogens is 201 g/mol. The lowest BCUT2D eigenvalue weighted by Crippen LogP contribution is -2.24. The van der Waals surface area contributed by atoms with E-state index in [4.69, 9.17) is 5.73 Å². The van der Waals surface area contributed by atoms with E-state index in [1.807, 2.05) is 18.2 Å². The van der Waals surface area contributed by atoms with Gasteiger partial charge in [0.05, 0.1) is 0 Å². The van der Waals surface area contributed by atoms with E-state index in [-0.39, 0.29) is 5.41 Å². The molecule has 1 saturated carbocycles. The lowest BCUT2D eigenvalue weighted by molar-refractivity contribution is 0.216. The van der Waals surface area contributed by atoms with Gasteiger partial charge in [-0.15, -0.1) is 0 Å². The van der Waals surface area contributed by atoms with Crippen LogP contribution in [-0.2, 0) is 11.8 Å². The van der Waals surface area contributed by atoms with Crippen molar-refractivity contribution in [1.82, 2.24) is 0 Å². The largest absolute Gasteiger partial charge is 0.330 e. The van der Waals surface area contributed by atoms with E-state index in [0.29, 0.717) is 13.0 Å². The number of alkyl halides is 1. The molecule has 2 N–H and O–H groups in total. The minimum absolute atomic E-state index is 0.155. The second-order valence-corrected chi connectivity index (χ2v) is 5.54. The Hall–Kier alpha value is -0.890. The monoisotopic (exact) mass is 221 g/mol. The summed E-state index contributed by atoms with van der Waals surface area (Å²) < 4.78 is 13.7. The average molecular weight is 221 g/mol. The van der Waals surface area contributed by atoms with E-state index in [0.717, 1.165) is 18.4 Å². The van der Waals surface area contributed by atoms with E-state index >= 15 is 0 Å². The Kier molecular flexibility index (Phi) is 2.79. The number of hydrogen-bond donors (Lipinski definition) is 1. The molecule has 1 aromatic carbocycles. The molecule has 1 aliphatic rings. The maximum Gasteiger partial charge on any atom is 0.109 e. The quantitative estimate of drug-likeness (QED) is 0.831. The summed E-state index contributed by atoms with van der Waals surface area (Å²) in [6.45, 7) is 3.94. The second kappa shape index (κ2) is 3.85. The smallest absolute Gasteiger partial charge is 0.109 e. The summed E-state index contributed by atoms with van der Waals surface area (Å²) in [6.07, 6.45) is 2.77. The van der Waals surface area contributed by atoms with Gasteiger partial charge in [-0.05, 0) is 37.8 Å². The summed E-state index contributed by atoms with van der Waals surface area (Å²) in [5.74, 6) is 0. The summed E-state index contributed by atoms with van der Waals surface area (Å²) >= 11 is 0. The van der Waals surface area contributed by atoms with Gasteiger partial charge in [0, 0.05) is 18.4 Å². The molecule has 1 aromatic rings. The van der Waals surface area contributed by atoms with Crippen LogP contribution in [0.4, 0.5) is 4.39 Å². The molecule has 16 heavy (non-hydrogen) atoms. The highest BCUT2D eigenvalue weighted by molar-refractivity contribution is 5.39. The summed E-state index contributed by atoms with van der Waals surface area (Å²) in [6, 6.07) is 8.16. The van der Waals surface area contributed by atoms with Crippen LogP contribution < -0.4 is 5.73 Å². The number of rotatable bonds is 4. The topological polar surface area (TPSA) is 26.0 Å². The van der Waals surface area contributed by atoms with Crippen molar-refractivity contribution in [2.75, 3.05) is 6.54 Å². The van der Waals surface area contributed by atoms with Gasteiger partial charge < -0.3 is 5.73 Å². The van der Waals surface area contributed by atoms with Gasteiger partial charge >= 0.3 is 0 Å². The van der Waals surface area contributed by atoms with Gasteiger partial charge in [0.2, 0.25) is 0 Å². The zero-order valence-electron chi connectivity index (χ0n) is 10.1. The van der Waals surface area contributed by atoms with Crippen molar-refractivity contribution in [3.63, 3.8) is 0 Å². The molecule has 0 aliphatic heterocycles. The first kappa shape index (κ1) is 11.6. The highest BCUT2D eigenvalue weighted by Crippen LogP contribution is 2.48. The third-order valence-corrected chi connectivity index (χ3v) is 3.44. The molecule has 0 saturated heterocycles. The van der Waals surface area contributed by atoms with Crippen LogP contribution in [0.2, 0.25) is 0 Å². The van der Waals surface area contributed by atoms with E-state index < -0.39 is 5.67 Å². The van der Waals surface area contributed by atoms with E-state index in [1.165, 1.54) is 5.56 Å². The summed E-state index contributed by atoms with van der Waals surface area (Å²) in [5.41, 5.74) is 7.23. The van der Waals surface area contributed by atoms with Crippen molar-refractivity contribution in [2.45, 2.75) is 44.2 Å².